The third-order valence-electron chi connectivity index (χ3n) is 7.55. The van der Waals surface area contributed by atoms with E-state index in [4.69, 9.17) is 18.9 Å². The normalized spacial score (nSPS) is 14.2. The summed E-state index contributed by atoms with van der Waals surface area (Å²) in [5, 5.41) is 9.00. The van der Waals surface area contributed by atoms with Gasteiger partial charge < -0.3 is 34.9 Å². The van der Waals surface area contributed by atoms with E-state index in [2.05, 4.69) is 16.0 Å². The van der Waals surface area contributed by atoms with Crippen molar-refractivity contribution < 1.29 is 28.5 Å². The number of nitrogens with one attached hydrogen (secondary N) is 3. The van der Waals surface area contributed by atoms with Crippen LogP contribution in [0.1, 0.15) is 43.0 Å². The van der Waals surface area contributed by atoms with Gasteiger partial charge in [0.1, 0.15) is 11.8 Å². The highest BCUT2D eigenvalue weighted by Gasteiger charge is 2.29. The van der Waals surface area contributed by atoms with Crippen LogP contribution in [0.15, 0.2) is 53.3 Å². The zero-order chi connectivity index (χ0) is 31.1. The van der Waals surface area contributed by atoms with E-state index in [0.29, 0.717) is 54.2 Å². The number of hydrogen-bond donors (Lipinski definition) is 3. The van der Waals surface area contributed by atoms with Crippen molar-refractivity contribution in [3.05, 3.63) is 75.4 Å². The molecule has 0 saturated heterocycles. The smallest absolute Gasteiger partial charge is 0.242 e. The molecular weight excluding hydrogens is 550 g/mol. The fraction of sp³-hybridized carbons (Fsp3) is 0.364. The monoisotopic (exact) mass is 589 g/mol. The molecule has 3 aromatic rings. The highest BCUT2D eigenvalue weighted by Crippen LogP contribution is 2.50. The van der Waals surface area contributed by atoms with E-state index < -0.39 is 12.1 Å². The molecule has 3 N–H and O–H groups in total. The first kappa shape index (κ1) is 31.2. The van der Waals surface area contributed by atoms with Crippen LogP contribution in [0, 0.1) is 0 Å². The number of rotatable bonds is 11. The van der Waals surface area contributed by atoms with Gasteiger partial charge in [0.25, 0.3) is 0 Å². The van der Waals surface area contributed by atoms with Crippen LogP contribution in [0.4, 0.5) is 5.69 Å². The molecule has 1 aliphatic carbocycles. The SMILES string of the molecule is COc1ccc(CCNC(=O)[C@@H](C)Nc2ccc3c(cc2=O)[C@H](NC(C)=O)CCc2cc(OC)c(OC)c(OC)c2-3)cc1. The number of fused-ring (bicyclic) bond motifs is 3. The minimum atomic E-state index is -0.678. The van der Waals surface area contributed by atoms with Gasteiger partial charge >= 0.3 is 0 Å². The molecule has 0 heterocycles. The van der Waals surface area contributed by atoms with Crippen LogP contribution in [0.25, 0.3) is 11.1 Å². The van der Waals surface area contributed by atoms with Gasteiger partial charge in [0.15, 0.2) is 11.5 Å². The second kappa shape index (κ2) is 14.0. The molecule has 0 radical (unpaired) electrons. The third-order valence-corrected chi connectivity index (χ3v) is 7.55. The van der Waals surface area contributed by atoms with Crippen LogP contribution in [0.2, 0.25) is 0 Å². The predicted octanol–water partition coefficient (Wildman–Crippen LogP) is 4.03. The Morgan fingerprint density at radius 1 is 0.930 bits per heavy atom. The van der Waals surface area contributed by atoms with Crippen LogP contribution in [-0.4, -0.2) is 52.8 Å². The summed E-state index contributed by atoms with van der Waals surface area (Å²) in [5.74, 6) is 1.76. The first-order valence-corrected chi connectivity index (χ1v) is 14.1. The molecular formula is C33H39N3O7. The zero-order valence-corrected chi connectivity index (χ0v) is 25.5. The summed E-state index contributed by atoms with van der Waals surface area (Å²) in [6, 6.07) is 13.5. The van der Waals surface area contributed by atoms with Gasteiger partial charge in [-0.05, 0) is 78.8 Å². The molecule has 0 bridgehead atoms. The van der Waals surface area contributed by atoms with E-state index in [9.17, 15) is 14.4 Å². The zero-order valence-electron chi connectivity index (χ0n) is 25.5. The minimum absolute atomic E-state index is 0.207. The van der Waals surface area contributed by atoms with Crippen LogP contribution in [0.3, 0.4) is 0 Å². The molecule has 2 atom stereocenters. The molecule has 0 fully saturated rings. The lowest BCUT2D eigenvalue weighted by Crippen LogP contribution is -2.39. The molecule has 0 unspecified atom stereocenters. The summed E-state index contributed by atoms with van der Waals surface area (Å²) in [4.78, 5) is 38.6. The van der Waals surface area contributed by atoms with Crippen LogP contribution < -0.4 is 40.3 Å². The lowest BCUT2D eigenvalue weighted by atomic mass is 9.95. The summed E-state index contributed by atoms with van der Waals surface area (Å²) in [6.07, 6.45) is 1.81. The van der Waals surface area contributed by atoms with Gasteiger partial charge in [0.2, 0.25) is 23.0 Å². The van der Waals surface area contributed by atoms with Crippen molar-refractivity contribution in [1.29, 1.82) is 0 Å². The maximum atomic E-state index is 13.5. The summed E-state index contributed by atoms with van der Waals surface area (Å²) >= 11 is 0. The van der Waals surface area contributed by atoms with Gasteiger partial charge in [0.05, 0.1) is 40.2 Å². The van der Waals surface area contributed by atoms with Gasteiger partial charge in [0, 0.05) is 19.0 Å². The van der Waals surface area contributed by atoms with E-state index in [1.807, 2.05) is 36.4 Å². The molecule has 10 heteroatoms. The molecule has 43 heavy (non-hydrogen) atoms. The van der Waals surface area contributed by atoms with Crippen LogP contribution in [-0.2, 0) is 22.4 Å². The largest absolute Gasteiger partial charge is 0.497 e. The average molecular weight is 590 g/mol. The van der Waals surface area contributed by atoms with Gasteiger partial charge in [-0.25, -0.2) is 0 Å². The van der Waals surface area contributed by atoms with Gasteiger partial charge in [-0.2, -0.15) is 0 Å². The quantitative estimate of drug-likeness (QED) is 0.306. The van der Waals surface area contributed by atoms with Crippen molar-refractivity contribution in [2.24, 2.45) is 0 Å². The van der Waals surface area contributed by atoms with Crippen LogP contribution >= 0.6 is 0 Å². The van der Waals surface area contributed by atoms with E-state index in [1.165, 1.54) is 20.1 Å². The summed E-state index contributed by atoms with van der Waals surface area (Å²) in [7, 11) is 6.27. The van der Waals surface area contributed by atoms with E-state index in [0.717, 1.165) is 22.4 Å². The maximum absolute atomic E-state index is 13.5. The van der Waals surface area contributed by atoms with Gasteiger partial charge in [-0.15, -0.1) is 0 Å². The highest BCUT2D eigenvalue weighted by molar-refractivity contribution is 5.85. The Morgan fingerprint density at radius 2 is 1.65 bits per heavy atom. The summed E-state index contributed by atoms with van der Waals surface area (Å²) in [6.45, 7) is 3.60. The topological polar surface area (TPSA) is 124 Å². The van der Waals surface area contributed by atoms with Crippen molar-refractivity contribution in [2.75, 3.05) is 40.3 Å². The van der Waals surface area contributed by atoms with Gasteiger partial charge in [-0.1, -0.05) is 18.2 Å². The second-order valence-corrected chi connectivity index (χ2v) is 10.4. The number of anilines is 1. The molecule has 228 valence electrons. The molecule has 1 aliphatic rings. The number of aryl methyl sites for hydroxylation is 1. The Kier molecular flexibility index (Phi) is 10.1. The third kappa shape index (κ3) is 7.02. The molecule has 3 aromatic carbocycles. The number of amides is 2. The van der Waals surface area contributed by atoms with Crippen molar-refractivity contribution in [3.8, 4) is 34.1 Å². The standard InChI is InChI=1S/C33H39N3O7/c1-19(33(39)34-16-15-21-7-10-23(40-3)11-8-21)35-27-14-12-24-25(18-28(27)38)26(36-20(2)37)13-9-22-17-29(41-4)31(42-5)32(43-6)30(22)24/h7-8,10-12,14,17-19,26H,9,13,15-16H2,1-6H3,(H,34,39)(H,35,38)(H,36,37)/t19-,26-/m1/s1. The number of benzene rings is 2. The fourth-order valence-electron chi connectivity index (χ4n) is 5.40. The van der Waals surface area contributed by atoms with E-state index in [1.54, 1.807) is 34.3 Å². The lowest BCUT2D eigenvalue weighted by molar-refractivity contribution is -0.121. The number of ether oxygens (including phenoxy) is 4. The molecule has 2 amide bonds. The Morgan fingerprint density at radius 3 is 2.28 bits per heavy atom. The maximum Gasteiger partial charge on any atom is 0.242 e. The minimum Gasteiger partial charge on any atom is -0.497 e. The number of methoxy groups -OCH3 is 4. The molecule has 10 nitrogen and oxygen atoms in total. The molecule has 0 aliphatic heterocycles. The first-order chi connectivity index (χ1) is 20.7. The Bertz CT molecular complexity index is 1540. The van der Waals surface area contributed by atoms with Crippen molar-refractivity contribution in [2.45, 2.75) is 45.2 Å². The number of hydrogen-bond acceptors (Lipinski definition) is 8. The fourth-order valence-corrected chi connectivity index (χ4v) is 5.40. The Hall–Kier alpha value is -4.73. The molecule has 0 spiro atoms. The van der Waals surface area contributed by atoms with Crippen LogP contribution in [0.5, 0.6) is 23.0 Å². The Balaban J connectivity index is 1.65. The number of carbonyl (C=O) groups excluding carboxylic acids is 2. The van der Waals surface area contributed by atoms with E-state index in [-0.39, 0.29) is 22.9 Å². The number of carbonyl (C=O) groups is 2. The van der Waals surface area contributed by atoms with E-state index >= 15 is 0 Å². The first-order valence-electron chi connectivity index (χ1n) is 14.1. The molecule has 0 saturated carbocycles. The molecule has 0 aromatic heterocycles. The van der Waals surface area contributed by atoms with Crippen molar-refractivity contribution in [1.82, 2.24) is 10.6 Å². The highest BCUT2D eigenvalue weighted by atomic mass is 16.5. The predicted molar refractivity (Wildman–Crippen MR) is 165 cm³/mol. The second-order valence-electron chi connectivity index (χ2n) is 10.4. The van der Waals surface area contributed by atoms with Gasteiger partial charge in [-0.3, -0.25) is 14.4 Å². The average Bonchev–Trinajstić information content (AvgIpc) is 3.24. The molecule has 4 rings (SSSR count). The van der Waals surface area contributed by atoms with Crippen molar-refractivity contribution in [3.63, 3.8) is 0 Å². The summed E-state index contributed by atoms with van der Waals surface area (Å²) < 4.78 is 22.2. The lowest BCUT2D eigenvalue weighted by Gasteiger charge is -2.19. The summed E-state index contributed by atoms with van der Waals surface area (Å²) in [5.41, 5.74) is 4.07. The Labute approximate surface area is 251 Å². The van der Waals surface area contributed by atoms with Crippen molar-refractivity contribution >= 4 is 17.5 Å².